The SMILES string of the molecule is CC(=O)Nc1ccccc1-c1c(Cl)cnc2[nH]ccc12. The van der Waals surface area contributed by atoms with Gasteiger partial charge in [-0.25, -0.2) is 4.98 Å². The van der Waals surface area contributed by atoms with Crippen molar-refractivity contribution in [3.05, 3.63) is 47.7 Å². The van der Waals surface area contributed by atoms with Gasteiger partial charge in [0.1, 0.15) is 5.65 Å². The van der Waals surface area contributed by atoms with Crippen molar-refractivity contribution in [3.63, 3.8) is 0 Å². The molecule has 0 spiro atoms. The van der Waals surface area contributed by atoms with Crippen molar-refractivity contribution in [1.82, 2.24) is 9.97 Å². The molecule has 0 aliphatic rings. The highest BCUT2D eigenvalue weighted by atomic mass is 35.5. The number of carbonyl (C=O) groups is 1. The Morgan fingerprint density at radius 2 is 2.10 bits per heavy atom. The third kappa shape index (κ3) is 2.14. The lowest BCUT2D eigenvalue weighted by molar-refractivity contribution is -0.114. The number of amides is 1. The molecule has 4 nitrogen and oxygen atoms in total. The van der Waals surface area contributed by atoms with Gasteiger partial charge in [0.2, 0.25) is 5.91 Å². The molecule has 0 fully saturated rings. The van der Waals surface area contributed by atoms with E-state index in [1.165, 1.54) is 6.92 Å². The van der Waals surface area contributed by atoms with Crippen molar-refractivity contribution in [2.24, 2.45) is 0 Å². The first kappa shape index (κ1) is 12.7. The number of aromatic nitrogens is 2. The second kappa shape index (κ2) is 4.98. The second-order valence-electron chi connectivity index (χ2n) is 4.45. The summed E-state index contributed by atoms with van der Waals surface area (Å²) >= 11 is 6.31. The third-order valence-corrected chi connectivity index (χ3v) is 3.33. The maximum Gasteiger partial charge on any atom is 0.221 e. The van der Waals surface area contributed by atoms with Gasteiger partial charge < -0.3 is 10.3 Å². The molecule has 0 saturated carbocycles. The first-order chi connectivity index (χ1) is 9.66. The van der Waals surface area contributed by atoms with E-state index < -0.39 is 0 Å². The molecule has 0 unspecified atom stereocenters. The number of rotatable bonds is 2. The number of anilines is 1. The van der Waals surface area contributed by atoms with E-state index in [2.05, 4.69) is 15.3 Å². The van der Waals surface area contributed by atoms with Gasteiger partial charge in [-0.2, -0.15) is 0 Å². The molecule has 2 aromatic heterocycles. The molecule has 1 aromatic carbocycles. The summed E-state index contributed by atoms with van der Waals surface area (Å²) in [5.41, 5.74) is 3.24. The maximum atomic E-state index is 11.3. The Kier molecular flexibility index (Phi) is 3.16. The van der Waals surface area contributed by atoms with Crippen molar-refractivity contribution in [3.8, 4) is 11.1 Å². The summed E-state index contributed by atoms with van der Waals surface area (Å²) in [4.78, 5) is 18.6. The fourth-order valence-corrected chi connectivity index (χ4v) is 2.51. The first-order valence-electron chi connectivity index (χ1n) is 6.15. The predicted octanol–water partition coefficient (Wildman–Crippen LogP) is 3.84. The largest absolute Gasteiger partial charge is 0.346 e. The average molecular weight is 286 g/mol. The zero-order valence-electron chi connectivity index (χ0n) is 10.8. The highest BCUT2D eigenvalue weighted by molar-refractivity contribution is 6.35. The molecule has 3 rings (SSSR count). The minimum absolute atomic E-state index is 0.118. The van der Waals surface area contributed by atoms with Crippen LogP contribution in [0.2, 0.25) is 5.02 Å². The van der Waals surface area contributed by atoms with Gasteiger partial charge in [0, 0.05) is 41.5 Å². The van der Waals surface area contributed by atoms with Gasteiger partial charge in [0.25, 0.3) is 0 Å². The van der Waals surface area contributed by atoms with E-state index in [0.717, 1.165) is 27.8 Å². The standard InChI is InChI=1S/C15H12ClN3O/c1-9(20)19-13-5-3-2-4-10(13)14-11-6-7-17-15(11)18-8-12(14)16/h2-8H,1H3,(H,17,18)(H,19,20). The highest BCUT2D eigenvalue weighted by Gasteiger charge is 2.14. The zero-order chi connectivity index (χ0) is 14.1. The Labute approximate surface area is 120 Å². The van der Waals surface area contributed by atoms with Gasteiger partial charge in [-0.1, -0.05) is 29.8 Å². The van der Waals surface area contributed by atoms with Crippen LogP contribution < -0.4 is 5.32 Å². The normalized spacial score (nSPS) is 10.7. The molecule has 0 saturated heterocycles. The maximum absolute atomic E-state index is 11.3. The number of hydrogen-bond acceptors (Lipinski definition) is 2. The molecule has 20 heavy (non-hydrogen) atoms. The lowest BCUT2D eigenvalue weighted by Crippen LogP contribution is -2.06. The van der Waals surface area contributed by atoms with Crippen LogP contribution in [0.5, 0.6) is 0 Å². The summed E-state index contributed by atoms with van der Waals surface area (Å²) in [7, 11) is 0. The molecule has 0 aliphatic heterocycles. The molecule has 5 heteroatoms. The number of carbonyl (C=O) groups excluding carboxylic acids is 1. The smallest absolute Gasteiger partial charge is 0.221 e. The molecule has 0 bridgehead atoms. The van der Waals surface area contributed by atoms with Crippen LogP contribution in [0.3, 0.4) is 0 Å². The lowest BCUT2D eigenvalue weighted by atomic mass is 10.0. The molecule has 1 amide bonds. The average Bonchev–Trinajstić information content (AvgIpc) is 2.87. The quantitative estimate of drug-likeness (QED) is 0.751. The monoisotopic (exact) mass is 285 g/mol. The van der Waals surface area contributed by atoms with Crippen molar-refractivity contribution in [2.75, 3.05) is 5.32 Å². The Balaban J connectivity index is 2.28. The van der Waals surface area contributed by atoms with E-state index in [0.29, 0.717) is 5.02 Å². The minimum atomic E-state index is -0.118. The number of H-pyrrole nitrogens is 1. The highest BCUT2D eigenvalue weighted by Crippen LogP contribution is 2.37. The summed E-state index contributed by atoms with van der Waals surface area (Å²) in [5, 5.41) is 4.30. The van der Waals surface area contributed by atoms with Crippen LogP contribution in [0, 0.1) is 0 Å². The zero-order valence-corrected chi connectivity index (χ0v) is 11.5. The van der Waals surface area contributed by atoms with Gasteiger partial charge in [-0.3, -0.25) is 4.79 Å². The Hall–Kier alpha value is -2.33. The van der Waals surface area contributed by atoms with E-state index in [-0.39, 0.29) is 5.91 Å². The van der Waals surface area contributed by atoms with Crippen LogP contribution in [0.1, 0.15) is 6.92 Å². The van der Waals surface area contributed by atoms with Crippen LogP contribution in [0.25, 0.3) is 22.2 Å². The van der Waals surface area contributed by atoms with Crippen LogP contribution in [-0.2, 0) is 4.79 Å². The molecule has 0 radical (unpaired) electrons. The van der Waals surface area contributed by atoms with Crippen molar-refractivity contribution in [2.45, 2.75) is 6.92 Å². The third-order valence-electron chi connectivity index (χ3n) is 3.05. The molecular formula is C15H12ClN3O. The Bertz CT molecular complexity index is 795. The van der Waals surface area contributed by atoms with Crippen LogP contribution >= 0.6 is 11.6 Å². The van der Waals surface area contributed by atoms with E-state index in [1.807, 2.05) is 36.5 Å². The van der Waals surface area contributed by atoms with Crippen molar-refractivity contribution >= 4 is 34.2 Å². The number of nitrogens with zero attached hydrogens (tertiary/aromatic N) is 1. The van der Waals surface area contributed by atoms with Crippen LogP contribution in [0.4, 0.5) is 5.69 Å². The Morgan fingerprint density at radius 3 is 2.90 bits per heavy atom. The molecule has 0 aliphatic carbocycles. The first-order valence-corrected chi connectivity index (χ1v) is 6.53. The summed E-state index contributed by atoms with van der Waals surface area (Å²) < 4.78 is 0. The van der Waals surface area contributed by atoms with E-state index >= 15 is 0 Å². The number of pyridine rings is 1. The van der Waals surface area contributed by atoms with Crippen LogP contribution in [0.15, 0.2) is 42.7 Å². The summed E-state index contributed by atoms with van der Waals surface area (Å²) in [6.45, 7) is 1.48. The number of nitrogens with one attached hydrogen (secondary N) is 2. The number of hydrogen-bond donors (Lipinski definition) is 2. The fourth-order valence-electron chi connectivity index (χ4n) is 2.26. The summed E-state index contributed by atoms with van der Waals surface area (Å²) in [6.07, 6.45) is 3.43. The lowest BCUT2D eigenvalue weighted by Gasteiger charge is -2.12. The molecule has 0 atom stereocenters. The number of para-hydroxylation sites is 1. The Morgan fingerprint density at radius 1 is 1.30 bits per heavy atom. The number of benzene rings is 1. The number of fused-ring (bicyclic) bond motifs is 1. The molecular weight excluding hydrogens is 274 g/mol. The van der Waals surface area contributed by atoms with Gasteiger partial charge >= 0.3 is 0 Å². The van der Waals surface area contributed by atoms with Crippen molar-refractivity contribution < 1.29 is 4.79 Å². The second-order valence-corrected chi connectivity index (χ2v) is 4.86. The van der Waals surface area contributed by atoms with E-state index in [1.54, 1.807) is 6.20 Å². The van der Waals surface area contributed by atoms with Gasteiger partial charge in [-0.15, -0.1) is 0 Å². The molecule has 3 aromatic rings. The minimum Gasteiger partial charge on any atom is -0.346 e. The number of aromatic amines is 1. The topological polar surface area (TPSA) is 57.8 Å². The van der Waals surface area contributed by atoms with Gasteiger partial charge in [0.15, 0.2) is 0 Å². The van der Waals surface area contributed by atoms with E-state index in [9.17, 15) is 4.79 Å². The molecule has 100 valence electrons. The van der Waals surface area contributed by atoms with Gasteiger partial charge in [-0.05, 0) is 12.1 Å². The number of halogens is 1. The summed E-state index contributed by atoms with van der Waals surface area (Å²) in [6, 6.07) is 9.49. The van der Waals surface area contributed by atoms with Crippen LogP contribution in [-0.4, -0.2) is 15.9 Å². The van der Waals surface area contributed by atoms with Gasteiger partial charge in [0.05, 0.1) is 5.02 Å². The van der Waals surface area contributed by atoms with Crippen molar-refractivity contribution in [1.29, 1.82) is 0 Å². The molecule has 2 N–H and O–H groups in total. The molecule has 2 heterocycles. The fraction of sp³-hybridized carbons (Fsp3) is 0.0667. The van der Waals surface area contributed by atoms with E-state index in [4.69, 9.17) is 11.6 Å². The predicted molar refractivity (Wildman–Crippen MR) is 80.8 cm³/mol. The summed E-state index contributed by atoms with van der Waals surface area (Å²) in [5.74, 6) is -0.118.